The molecule has 35 heavy (non-hydrogen) atoms. The molecular formula is C27H31NO5S2. The van der Waals surface area contributed by atoms with Crippen LogP contribution in [0.5, 0.6) is 5.75 Å². The fraction of sp³-hybridized carbons (Fsp3) is 0.370. The summed E-state index contributed by atoms with van der Waals surface area (Å²) >= 11 is -0.927. The van der Waals surface area contributed by atoms with Crippen molar-refractivity contribution in [2.75, 3.05) is 18.5 Å². The third-order valence-corrected chi connectivity index (χ3v) is 8.71. The van der Waals surface area contributed by atoms with Crippen molar-refractivity contribution in [1.82, 2.24) is 0 Å². The Morgan fingerprint density at radius 3 is 2.34 bits per heavy atom. The van der Waals surface area contributed by atoms with Crippen LogP contribution in [0.2, 0.25) is 0 Å². The molecule has 8 heteroatoms. The van der Waals surface area contributed by atoms with E-state index in [-0.39, 0.29) is 0 Å². The molecule has 4 rings (SSSR count). The largest absolute Gasteiger partial charge is 0.495 e. The normalized spacial score (nSPS) is 16.5. The highest BCUT2D eigenvalue weighted by molar-refractivity contribution is 7.81. The molecule has 0 aliphatic heterocycles. The Labute approximate surface area is 213 Å². The van der Waals surface area contributed by atoms with E-state index in [2.05, 4.69) is 38.1 Å². The molecule has 3 aromatic rings. The summed E-state index contributed by atoms with van der Waals surface area (Å²) in [6.45, 7) is 4.71. The van der Waals surface area contributed by atoms with Gasteiger partial charge in [0.1, 0.15) is 10.8 Å². The lowest BCUT2D eigenvalue weighted by Crippen LogP contribution is -2.20. The van der Waals surface area contributed by atoms with E-state index in [4.69, 9.17) is 9.47 Å². The summed E-state index contributed by atoms with van der Waals surface area (Å²) in [6, 6.07) is 17.1. The van der Waals surface area contributed by atoms with Gasteiger partial charge in [0, 0.05) is 4.88 Å². The molecule has 1 heterocycles. The van der Waals surface area contributed by atoms with Crippen molar-refractivity contribution in [3.63, 3.8) is 0 Å². The van der Waals surface area contributed by atoms with Gasteiger partial charge < -0.3 is 9.47 Å². The Morgan fingerprint density at radius 1 is 1.06 bits per heavy atom. The van der Waals surface area contributed by atoms with E-state index >= 15 is 0 Å². The number of benzene rings is 2. The van der Waals surface area contributed by atoms with Gasteiger partial charge in [0.15, 0.2) is 0 Å². The molecular weight excluding hydrogens is 482 g/mol. The number of anilines is 2. The number of carbonyl (C=O) groups is 1. The van der Waals surface area contributed by atoms with Gasteiger partial charge in [-0.3, -0.25) is 4.55 Å². The third-order valence-electron chi connectivity index (χ3n) is 6.77. The molecule has 1 saturated carbocycles. The highest BCUT2D eigenvalue weighted by Crippen LogP contribution is 2.44. The van der Waals surface area contributed by atoms with Crippen LogP contribution in [0.15, 0.2) is 54.6 Å². The Kier molecular flexibility index (Phi) is 7.64. The number of ether oxygens (including phenoxy) is 2. The minimum absolute atomic E-state index is 0.297. The predicted molar refractivity (Wildman–Crippen MR) is 142 cm³/mol. The summed E-state index contributed by atoms with van der Waals surface area (Å²) in [4.78, 5) is 12.9. The van der Waals surface area contributed by atoms with Crippen LogP contribution in [-0.4, -0.2) is 29.0 Å². The van der Waals surface area contributed by atoms with Crippen LogP contribution in [0.3, 0.4) is 0 Å². The van der Waals surface area contributed by atoms with E-state index in [1.165, 1.54) is 67.2 Å². The van der Waals surface area contributed by atoms with Gasteiger partial charge in [-0.15, -0.1) is 11.3 Å². The maximum Gasteiger partial charge on any atom is 0.337 e. The lowest BCUT2D eigenvalue weighted by molar-refractivity contribution is 0.0600. The van der Waals surface area contributed by atoms with Crippen LogP contribution < -0.4 is 9.04 Å². The molecule has 2 aromatic carbocycles. The van der Waals surface area contributed by atoms with Crippen LogP contribution in [-0.2, 0) is 16.0 Å². The minimum Gasteiger partial charge on any atom is -0.495 e. The van der Waals surface area contributed by atoms with E-state index in [0.717, 1.165) is 10.4 Å². The molecule has 6 nitrogen and oxygen atoms in total. The van der Waals surface area contributed by atoms with Gasteiger partial charge in [0.05, 0.1) is 25.5 Å². The number of nitrogens with zero attached hydrogens (tertiary/aromatic N) is 1. The molecule has 1 aliphatic carbocycles. The predicted octanol–water partition coefficient (Wildman–Crippen LogP) is 7.17. The maximum atomic E-state index is 12.4. The first kappa shape index (κ1) is 25.4. The second-order valence-corrected chi connectivity index (χ2v) is 11.5. The van der Waals surface area contributed by atoms with Crippen LogP contribution in [0.4, 0.5) is 10.7 Å². The second kappa shape index (κ2) is 10.5. The number of carbonyl (C=O) groups excluding carboxylic acids is 1. The molecule has 0 amide bonds. The second-order valence-electron chi connectivity index (χ2n) is 9.60. The highest BCUT2D eigenvalue weighted by Gasteiger charge is 2.27. The summed E-state index contributed by atoms with van der Waals surface area (Å²) in [5.74, 6) is 0.402. The van der Waals surface area contributed by atoms with Crippen molar-refractivity contribution in [3.8, 4) is 16.2 Å². The van der Waals surface area contributed by atoms with Gasteiger partial charge in [-0.1, -0.05) is 38.1 Å². The monoisotopic (exact) mass is 513 g/mol. The number of hydrogen-bond donors (Lipinski definition) is 1. The lowest BCUT2D eigenvalue weighted by Gasteiger charge is -2.34. The van der Waals surface area contributed by atoms with Crippen LogP contribution in [0, 0.1) is 5.41 Å². The number of methoxy groups -OCH3 is 2. The Morgan fingerprint density at radius 2 is 1.74 bits per heavy atom. The first-order valence-corrected chi connectivity index (χ1v) is 13.5. The maximum absolute atomic E-state index is 12.4. The zero-order valence-corrected chi connectivity index (χ0v) is 22.1. The molecule has 0 bridgehead atoms. The molecule has 186 valence electrons. The molecule has 1 aromatic heterocycles. The number of esters is 1. The van der Waals surface area contributed by atoms with Crippen molar-refractivity contribution in [2.45, 2.75) is 45.4 Å². The fourth-order valence-electron chi connectivity index (χ4n) is 4.61. The molecule has 0 spiro atoms. The van der Waals surface area contributed by atoms with Crippen molar-refractivity contribution in [2.24, 2.45) is 5.41 Å². The molecule has 1 N–H and O–H groups in total. The summed E-state index contributed by atoms with van der Waals surface area (Å²) in [6.07, 6.45) is 4.96. The molecule has 0 saturated heterocycles. The number of rotatable bonds is 7. The Balaban J connectivity index is 1.58. The summed E-state index contributed by atoms with van der Waals surface area (Å²) in [5.41, 5.74) is 3.58. The van der Waals surface area contributed by atoms with E-state index in [0.29, 0.717) is 33.3 Å². The van der Waals surface area contributed by atoms with Gasteiger partial charge >= 0.3 is 5.97 Å². The van der Waals surface area contributed by atoms with Gasteiger partial charge in [-0.25, -0.2) is 13.3 Å². The first-order chi connectivity index (χ1) is 16.7. The van der Waals surface area contributed by atoms with Crippen molar-refractivity contribution in [3.05, 3.63) is 65.7 Å². The van der Waals surface area contributed by atoms with Crippen LogP contribution in [0.1, 0.15) is 61.4 Å². The summed E-state index contributed by atoms with van der Waals surface area (Å²) < 4.78 is 33.9. The zero-order chi connectivity index (χ0) is 25.2. The van der Waals surface area contributed by atoms with Gasteiger partial charge in [-0.05, 0) is 78.5 Å². The molecule has 1 unspecified atom stereocenters. The van der Waals surface area contributed by atoms with Gasteiger partial charge in [0.25, 0.3) is 11.3 Å². The zero-order valence-electron chi connectivity index (χ0n) is 20.4. The molecule has 1 fully saturated rings. The first-order valence-electron chi connectivity index (χ1n) is 11.6. The molecule has 1 atom stereocenters. The smallest absolute Gasteiger partial charge is 0.337 e. The standard InChI is InChI=1S/C27H31NO5S2/c1-27(2)15-13-19(14-16-27)18-5-7-20(8-6-18)24-11-12-25(34-24)28(35(30)31)22-10-9-21(26(29)33-4)17-23(22)32-3/h5-12,17,19H,13-16H2,1-4H3,(H,30,31). The van der Waals surface area contributed by atoms with Crippen LogP contribution in [0.25, 0.3) is 10.4 Å². The Hall–Kier alpha value is -2.68. The number of thiophene rings is 1. The van der Waals surface area contributed by atoms with Crippen molar-refractivity contribution < 1.29 is 23.0 Å². The third kappa shape index (κ3) is 5.60. The Bertz CT molecular complexity index is 1210. The average molecular weight is 514 g/mol. The van der Waals surface area contributed by atoms with E-state index in [1.54, 1.807) is 12.1 Å². The van der Waals surface area contributed by atoms with Gasteiger partial charge in [0.2, 0.25) is 0 Å². The lowest BCUT2D eigenvalue weighted by atomic mass is 9.71. The molecule has 1 aliphatic rings. The summed E-state index contributed by atoms with van der Waals surface area (Å²) in [7, 11) is 2.75. The fourth-order valence-corrected chi connectivity index (χ4v) is 6.38. The SMILES string of the molecule is COC(=O)c1ccc(N(c2ccc(-c3ccc(C4CCC(C)(C)CC4)cc3)s2)S(=O)O)c(OC)c1. The van der Waals surface area contributed by atoms with E-state index < -0.39 is 17.2 Å². The highest BCUT2D eigenvalue weighted by atomic mass is 32.2. The van der Waals surface area contributed by atoms with Gasteiger partial charge in [-0.2, -0.15) is 0 Å². The topological polar surface area (TPSA) is 76.1 Å². The quantitative estimate of drug-likeness (QED) is 0.268. The summed E-state index contributed by atoms with van der Waals surface area (Å²) in [5, 5.41) is 0.587. The van der Waals surface area contributed by atoms with Crippen molar-refractivity contribution in [1.29, 1.82) is 0 Å². The minimum atomic E-state index is -2.35. The van der Waals surface area contributed by atoms with Crippen molar-refractivity contribution >= 4 is 39.3 Å². The van der Waals surface area contributed by atoms with E-state index in [1.807, 2.05) is 12.1 Å². The van der Waals surface area contributed by atoms with E-state index in [9.17, 15) is 13.6 Å². The van der Waals surface area contributed by atoms with Crippen LogP contribution >= 0.6 is 11.3 Å². The molecule has 0 radical (unpaired) electrons. The average Bonchev–Trinajstić information content (AvgIpc) is 3.33. The number of hydrogen-bond acceptors (Lipinski definition) is 5.